The Hall–Kier alpha value is -3.15. The van der Waals surface area contributed by atoms with Crippen molar-refractivity contribution in [1.29, 1.82) is 0 Å². The van der Waals surface area contributed by atoms with E-state index in [1.807, 2.05) is 31.2 Å². The number of esters is 1. The third-order valence-electron chi connectivity index (χ3n) is 4.39. The molecule has 2 aromatic carbocycles. The van der Waals surface area contributed by atoms with E-state index in [1.54, 1.807) is 30.3 Å². The van der Waals surface area contributed by atoms with Gasteiger partial charge < -0.3 is 9.72 Å². The van der Waals surface area contributed by atoms with Gasteiger partial charge in [0, 0.05) is 32.6 Å². The van der Waals surface area contributed by atoms with Crippen LogP contribution in [0.5, 0.6) is 0 Å². The summed E-state index contributed by atoms with van der Waals surface area (Å²) in [5, 5.41) is 12.7. The van der Waals surface area contributed by atoms with Crippen molar-refractivity contribution in [2.45, 2.75) is 18.9 Å². The van der Waals surface area contributed by atoms with Gasteiger partial charge in [0.05, 0.1) is 7.11 Å². The Morgan fingerprint density at radius 2 is 1.76 bits per heavy atom. The molecule has 3 aromatic rings. The average molecular weight is 338 g/mol. The molecule has 0 aliphatic rings. The first-order valence-corrected chi connectivity index (χ1v) is 7.88. The number of aromatic nitrogens is 1. The number of methoxy groups -OCH3 is 1. The van der Waals surface area contributed by atoms with E-state index in [1.165, 1.54) is 7.11 Å². The van der Waals surface area contributed by atoms with Crippen LogP contribution in [-0.2, 0) is 9.53 Å². The maximum absolute atomic E-state index is 12.6. The number of carbonyl (C=O) groups is 1. The van der Waals surface area contributed by atoms with Crippen LogP contribution >= 0.6 is 0 Å². The lowest BCUT2D eigenvalue weighted by atomic mass is 9.85. The summed E-state index contributed by atoms with van der Waals surface area (Å²) >= 11 is 0. The summed E-state index contributed by atoms with van der Waals surface area (Å²) in [6.45, 7) is 1.81. The van der Waals surface area contributed by atoms with E-state index in [2.05, 4.69) is 4.98 Å². The van der Waals surface area contributed by atoms with E-state index >= 15 is 0 Å². The molecule has 0 radical (unpaired) electrons. The smallest absolute Gasteiger partial charge is 0.320 e. The first kappa shape index (κ1) is 16.7. The summed E-state index contributed by atoms with van der Waals surface area (Å²) in [4.78, 5) is 27.3. The van der Waals surface area contributed by atoms with Crippen molar-refractivity contribution in [3.8, 4) is 0 Å². The quantitative estimate of drug-likeness (QED) is 0.436. The minimum absolute atomic E-state index is 0.419. The number of rotatable bonds is 5. The summed E-state index contributed by atoms with van der Waals surface area (Å²) in [6, 6.07) is 14.8. The van der Waals surface area contributed by atoms with Crippen molar-refractivity contribution in [1.82, 2.24) is 4.98 Å². The number of para-hydroxylation sites is 1. The van der Waals surface area contributed by atoms with E-state index < -0.39 is 22.9 Å². The lowest BCUT2D eigenvalue weighted by molar-refractivity contribution is -0.531. The van der Waals surface area contributed by atoms with Gasteiger partial charge in [0.25, 0.3) is 6.04 Å². The lowest BCUT2D eigenvalue weighted by Crippen LogP contribution is -2.27. The van der Waals surface area contributed by atoms with Crippen molar-refractivity contribution in [3.63, 3.8) is 0 Å². The summed E-state index contributed by atoms with van der Waals surface area (Å²) in [5.74, 6) is -1.67. The molecule has 1 heterocycles. The molecule has 0 aliphatic carbocycles. The van der Waals surface area contributed by atoms with E-state index in [0.717, 1.165) is 16.6 Å². The topological polar surface area (TPSA) is 85.2 Å². The Balaban J connectivity index is 2.25. The predicted octanol–water partition coefficient (Wildman–Crippen LogP) is 3.75. The number of carbonyl (C=O) groups excluding carboxylic acids is 1. The van der Waals surface area contributed by atoms with Crippen molar-refractivity contribution in [2.24, 2.45) is 0 Å². The normalized spacial score (nSPS) is 13.4. The van der Waals surface area contributed by atoms with Crippen LogP contribution in [0.2, 0.25) is 0 Å². The number of ether oxygens (including phenoxy) is 1. The minimum Gasteiger partial charge on any atom is -0.468 e. The molecule has 0 saturated carbocycles. The van der Waals surface area contributed by atoms with E-state index in [4.69, 9.17) is 4.74 Å². The van der Waals surface area contributed by atoms with Crippen LogP contribution in [0.3, 0.4) is 0 Å². The van der Waals surface area contributed by atoms with Crippen LogP contribution in [0, 0.1) is 17.0 Å². The molecule has 6 nitrogen and oxygen atoms in total. The van der Waals surface area contributed by atoms with E-state index in [9.17, 15) is 14.9 Å². The van der Waals surface area contributed by atoms with Gasteiger partial charge in [0.15, 0.2) is 5.92 Å². The zero-order valence-corrected chi connectivity index (χ0v) is 13.9. The van der Waals surface area contributed by atoms with Crippen LogP contribution in [0.1, 0.15) is 28.8 Å². The Morgan fingerprint density at radius 1 is 1.12 bits per heavy atom. The minimum atomic E-state index is -1.23. The fourth-order valence-corrected chi connectivity index (χ4v) is 3.32. The largest absolute Gasteiger partial charge is 0.468 e. The molecule has 1 unspecified atom stereocenters. The lowest BCUT2D eigenvalue weighted by Gasteiger charge is -2.20. The molecule has 0 spiro atoms. The summed E-state index contributed by atoms with van der Waals surface area (Å²) in [6.07, 6.45) is 0. The summed E-state index contributed by atoms with van der Waals surface area (Å²) in [5.41, 5.74) is 2.62. The molecule has 0 aliphatic heterocycles. The molecule has 0 amide bonds. The van der Waals surface area contributed by atoms with Crippen molar-refractivity contribution in [2.75, 3.05) is 7.11 Å². The highest BCUT2D eigenvalue weighted by Crippen LogP contribution is 2.39. The summed E-state index contributed by atoms with van der Waals surface area (Å²) < 4.78 is 4.94. The highest BCUT2D eigenvalue weighted by Gasteiger charge is 2.42. The van der Waals surface area contributed by atoms with Crippen molar-refractivity contribution < 1.29 is 14.5 Å². The molecule has 6 heteroatoms. The summed E-state index contributed by atoms with van der Waals surface area (Å²) in [7, 11) is 1.25. The highest BCUT2D eigenvalue weighted by molar-refractivity contribution is 5.91. The average Bonchev–Trinajstić information content (AvgIpc) is 2.95. The molecular formula is C19H18N2O4. The molecule has 3 rings (SSSR count). The highest BCUT2D eigenvalue weighted by atomic mass is 16.6. The number of nitro groups is 1. The number of nitrogens with one attached hydrogen (secondary N) is 1. The fourth-order valence-electron chi connectivity index (χ4n) is 3.32. The number of aromatic amines is 1. The molecule has 0 saturated heterocycles. The molecular weight excluding hydrogens is 320 g/mol. The molecule has 2 atom stereocenters. The van der Waals surface area contributed by atoms with Crippen LogP contribution in [-0.4, -0.2) is 23.0 Å². The van der Waals surface area contributed by atoms with Gasteiger partial charge in [-0.1, -0.05) is 48.5 Å². The van der Waals surface area contributed by atoms with Gasteiger partial charge >= 0.3 is 5.97 Å². The van der Waals surface area contributed by atoms with Gasteiger partial charge in [-0.05, 0) is 13.0 Å². The Kier molecular flexibility index (Phi) is 4.52. The maximum atomic E-state index is 12.6. The van der Waals surface area contributed by atoms with Gasteiger partial charge in [-0.15, -0.1) is 0 Å². The maximum Gasteiger partial charge on any atom is 0.320 e. The fraction of sp³-hybridized carbons (Fsp3) is 0.211. The molecule has 0 bridgehead atoms. The van der Waals surface area contributed by atoms with Gasteiger partial charge in [0.2, 0.25) is 0 Å². The molecule has 1 aromatic heterocycles. The Morgan fingerprint density at radius 3 is 2.40 bits per heavy atom. The third-order valence-corrected chi connectivity index (χ3v) is 4.39. The van der Waals surface area contributed by atoms with Crippen molar-refractivity contribution >= 4 is 16.9 Å². The van der Waals surface area contributed by atoms with Gasteiger partial charge in [-0.2, -0.15) is 0 Å². The number of aryl methyl sites for hydroxylation is 1. The molecule has 1 N–H and O–H groups in total. The number of hydrogen-bond acceptors (Lipinski definition) is 4. The van der Waals surface area contributed by atoms with Gasteiger partial charge in [-0.3, -0.25) is 14.9 Å². The van der Waals surface area contributed by atoms with Crippen LogP contribution < -0.4 is 0 Å². The Bertz CT molecular complexity index is 918. The molecule has 25 heavy (non-hydrogen) atoms. The standard InChI is InChI=1S/C19H18N2O4/c1-12-16(14-10-6-7-11-15(14)20-12)17(19(22)25-2)18(21(23)24)13-8-4-3-5-9-13/h3-11,17-18,20H,1-2H3/t17-,18?/m0/s1. The Labute approximate surface area is 144 Å². The van der Waals surface area contributed by atoms with E-state index in [0.29, 0.717) is 11.1 Å². The third kappa shape index (κ3) is 2.98. The SMILES string of the molecule is COC(=O)[C@@H](c1c(C)[nH]c2ccccc12)C(c1ccccc1)[N+](=O)[O-]. The first-order chi connectivity index (χ1) is 12.0. The second-order valence-corrected chi connectivity index (χ2v) is 5.85. The van der Waals surface area contributed by atoms with Crippen LogP contribution in [0.4, 0.5) is 0 Å². The van der Waals surface area contributed by atoms with Gasteiger partial charge in [0.1, 0.15) is 0 Å². The van der Waals surface area contributed by atoms with E-state index in [-0.39, 0.29) is 0 Å². The number of benzene rings is 2. The number of hydrogen-bond donors (Lipinski definition) is 1. The van der Waals surface area contributed by atoms with Crippen molar-refractivity contribution in [3.05, 3.63) is 81.5 Å². The monoisotopic (exact) mass is 338 g/mol. The second-order valence-electron chi connectivity index (χ2n) is 5.85. The number of H-pyrrole nitrogens is 1. The second kappa shape index (κ2) is 6.76. The molecule has 128 valence electrons. The number of fused-ring (bicyclic) bond motifs is 1. The van der Waals surface area contributed by atoms with Crippen LogP contribution in [0.15, 0.2) is 54.6 Å². The predicted molar refractivity (Wildman–Crippen MR) is 94.0 cm³/mol. The van der Waals surface area contributed by atoms with Crippen LogP contribution in [0.25, 0.3) is 10.9 Å². The molecule has 0 fully saturated rings. The zero-order chi connectivity index (χ0) is 18.0. The van der Waals surface area contributed by atoms with Gasteiger partial charge in [-0.25, -0.2) is 0 Å². The first-order valence-electron chi connectivity index (χ1n) is 7.88. The zero-order valence-electron chi connectivity index (χ0n) is 13.9. The number of nitrogens with zero attached hydrogens (tertiary/aromatic N) is 1.